The molecule has 1 atom stereocenters. The Morgan fingerprint density at radius 1 is 0.805 bits per heavy atom. The van der Waals surface area contributed by atoms with E-state index >= 15 is 0 Å². The predicted octanol–water partition coefficient (Wildman–Crippen LogP) is 5.42. The number of esters is 1. The molecule has 0 saturated heterocycles. The fraction of sp³-hybridized carbons (Fsp3) is 0.469. The van der Waals surface area contributed by atoms with E-state index in [1.54, 1.807) is 12.4 Å². The van der Waals surface area contributed by atoms with Crippen molar-refractivity contribution in [2.75, 3.05) is 26.0 Å². The van der Waals surface area contributed by atoms with Gasteiger partial charge in [-0.1, -0.05) is 25.5 Å². The molecule has 3 aromatic rings. The monoisotopic (exact) mass is 581 g/mol. The number of methoxy groups -OCH3 is 1. The fourth-order valence-electron chi connectivity index (χ4n) is 4.63. The van der Waals surface area contributed by atoms with Crippen LogP contribution in [0.2, 0.25) is 0 Å². The van der Waals surface area contributed by atoms with Gasteiger partial charge in [0.2, 0.25) is 10.0 Å². The molecular weight excluding hydrogens is 538 g/mol. The van der Waals surface area contributed by atoms with Crippen LogP contribution in [-0.2, 0) is 38.8 Å². The number of aryl methyl sites for hydroxylation is 2. The van der Waals surface area contributed by atoms with Gasteiger partial charge in [-0.15, -0.1) is 0 Å². The Morgan fingerprint density at radius 2 is 1.39 bits per heavy atom. The number of sulfonamides is 1. The number of ether oxygens (including phenoxy) is 2. The Bertz CT molecular complexity index is 1260. The van der Waals surface area contributed by atoms with E-state index < -0.39 is 22.0 Å². The molecule has 8 nitrogen and oxygen atoms in total. The van der Waals surface area contributed by atoms with Gasteiger partial charge in [-0.25, -0.2) is 8.42 Å². The van der Waals surface area contributed by atoms with Gasteiger partial charge in [-0.2, -0.15) is 4.31 Å². The summed E-state index contributed by atoms with van der Waals surface area (Å²) in [6.45, 7) is 2.83. The first kappa shape index (κ1) is 32.2. The van der Waals surface area contributed by atoms with Crippen molar-refractivity contribution < 1.29 is 22.7 Å². The lowest BCUT2D eigenvalue weighted by Crippen LogP contribution is -2.48. The smallest absolute Gasteiger partial charge is 0.324 e. The highest BCUT2D eigenvalue weighted by molar-refractivity contribution is 7.89. The van der Waals surface area contributed by atoms with Gasteiger partial charge in [0.25, 0.3) is 0 Å². The highest BCUT2D eigenvalue weighted by atomic mass is 32.2. The molecule has 9 heteroatoms. The molecule has 0 amide bonds. The van der Waals surface area contributed by atoms with Gasteiger partial charge in [0.1, 0.15) is 11.8 Å². The molecule has 0 aliphatic heterocycles. The maximum Gasteiger partial charge on any atom is 0.324 e. The van der Waals surface area contributed by atoms with Crippen LogP contribution in [0.3, 0.4) is 0 Å². The SMILES string of the molecule is CCCCS(=O)(=O)N(CCCCc1ccncc1)[C@@H](Cc1ccc(OCCCCc2ccncc2)cc1)C(=O)OC. The highest BCUT2D eigenvalue weighted by Gasteiger charge is 2.35. The zero-order chi connectivity index (χ0) is 29.3. The van der Waals surface area contributed by atoms with Crippen molar-refractivity contribution in [3.63, 3.8) is 0 Å². The standard InChI is InChI=1S/C32H43N3O5S/c1-3-4-25-41(37,38)35(23-7-5-9-27-15-19-33-20-16-27)31(32(36)39-2)26-29-11-13-30(14-12-29)40-24-8-6-10-28-17-21-34-22-18-28/h11-22,31H,3-10,23-26H2,1-2H3/t31-/m0/s1. The third-order valence-corrected chi connectivity index (χ3v) is 8.96. The number of benzene rings is 1. The van der Waals surface area contributed by atoms with Crippen molar-refractivity contribution in [2.24, 2.45) is 0 Å². The van der Waals surface area contributed by atoms with Crippen LogP contribution in [0.5, 0.6) is 5.75 Å². The van der Waals surface area contributed by atoms with Crippen LogP contribution >= 0.6 is 0 Å². The Balaban J connectivity index is 1.60. The van der Waals surface area contributed by atoms with Crippen LogP contribution in [0, 0.1) is 0 Å². The van der Waals surface area contributed by atoms with Crippen molar-refractivity contribution in [1.29, 1.82) is 0 Å². The second kappa shape index (κ2) is 17.5. The topological polar surface area (TPSA) is 98.7 Å². The van der Waals surface area contributed by atoms with Crippen molar-refractivity contribution in [1.82, 2.24) is 14.3 Å². The molecule has 0 N–H and O–H groups in total. The molecule has 0 fully saturated rings. The predicted molar refractivity (Wildman–Crippen MR) is 161 cm³/mol. The molecule has 2 aromatic heterocycles. The molecule has 41 heavy (non-hydrogen) atoms. The van der Waals surface area contributed by atoms with Crippen molar-refractivity contribution in [3.05, 3.63) is 90.0 Å². The van der Waals surface area contributed by atoms with E-state index in [1.165, 1.54) is 17.0 Å². The van der Waals surface area contributed by atoms with Gasteiger partial charge in [0.15, 0.2) is 0 Å². The van der Waals surface area contributed by atoms with Crippen LogP contribution in [0.1, 0.15) is 62.1 Å². The van der Waals surface area contributed by atoms with Crippen molar-refractivity contribution in [3.8, 4) is 5.75 Å². The maximum absolute atomic E-state index is 13.4. The van der Waals surface area contributed by atoms with Crippen LogP contribution in [0.25, 0.3) is 0 Å². The molecule has 0 spiro atoms. The first-order chi connectivity index (χ1) is 19.9. The van der Waals surface area contributed by atoms with E-state index in [0.29, 0.717) is 19.4 Å². The van der Waals surface area contributed by atoms with E-state index in [9.17, 15) is 13.2 Å². The lowest BCUT2D eigenvalue weighted by atomic mass is 10.0. The lowest BCUT2D eigenvalue weighted by Gasteiger charge is -2.29. The number of rotatable bonds is 19. The molecule has 0 aliphatic carbocycles. The number of pyridine rings is 2. The largest absolute Gasteiger partial charge is 0.494 e. The molecule has 0 bridgehead atoms. The number of hydrogen-bond acceptors (Lipinski definition) is 7. The Labute approximate surface area is 245 Å². The normalized spacial score (nSPS) is 12.3. The molecule has 3 rings (SSSR count). The zero-order valence-electron chi connectivity index (χ0n) is 24.3. The van der Waals surface area contributed by atoms with Crippen LogP contribution in [-0.4, -0.2) is 60.7 Å². The van der Waals surface area contributed by atoms with Gasteiger partial charge in [0, 0.05) is 31.3 Å². The van der Waals surface area contributed by atoms with Gasteiger partial charge in [-0.05, 0) is 104 Å². The number of carbonyl (C=O) groups excluding carboxylic acids is 1. The van der Waals surface area contributed by atoms with E-state index in [4.69, 9.17) is 9.47 Å². The number of nitrogens with zero attached hydrogens (tertiary/aromatic N) is 3. The summed E-state index contributed by atoms with van der Waals surface area (Å²) in [7, 11) is -2.35. The summed E-state index contributed by atoms with van der Waals surface area (Å²) in [4.78, 5) is 21.0. The van der Waals surface area contributed by atoms with E-state index in [2.05, 4.69) is 9.97 Å². The van der Waals surface area contributed by atoms with E-state index in [-0.39, 0.29) is 18.7 Å². The Kier molecular flexibility index (Phi) is 13.8. The van der Waals surface area contributed by atoms with E-state index in [0.717, 1.165) is 55.4 Å². The Morgan fingerprint density at radius 3 is 1.95 bits per heavy atom. The third-order valence-electron chi connectivity index (χ3n) is 7.01. The third kappa shape index (κ3) is 11.2. The summed E-state index contributed by atoms with van der Waals surface area (Å²) >= 11 is 0. The minimum atomic E-state index is -3.66. The number of aromatic nitrogens is 2. The van der Waals surface area contributed by atoms with Gasteiger partial charge in [-0.3, -0.25) is 14.8 Å². The van der Waals surface area contributed by atoms with Crippen molar-refractivity contribution >= 4 is 16.0 Å². The van der Waals surface area contributed by atoms with Gasteiger partial charge in [0.05, 0.1) is 19.5 Å². The average Bonchev–Trinajstić information content (AvgIpc) is 3.00. The number of hydrogen-bond donors (Lipinski definition) is 0. The minimum Gasteiger partial charge on any atom is -0.494 e. The molecule has 1 aromatic carbocycles. The summed E-state index contributed by atoms with van der Waals surface area (Å²) in [6.07, 6.45) is 13.8. The van der Waals surface area contributed by atoms with Crippen LogP contribution in [0.4, 0.5) is 0 Å². The quantitative estimate of drug-likeness (QED) is 0.138. The summed E-state index contributed by atoms with van der Waals surface area (Å²) in [5.74, 6) is 0.208. The van der Waals surface area contributed by atoms with E-state index in [1.807, 2.05) is 67.8 Å². The van der Waals surface area contributed by atoms with Gasteiger partial charge < -0.3 is 9.47 Å². The number of unbranched alkanes of at least 4 members (excludes halogenated alkanes) is 3. The van der Waals surface area contributed by atoms with Crippen molar-refractivity contribution in [2.45, 2.75) is 70.8 Å². The lowest BCUT2D eigenvalue weighted by molar-refractivity contribution is -0.145. The van der Waals surface area contributed by atoms with Gasteiger partial charge >= 0.3 is 5.97 Å². The minimum absolute atomic E-state index is 0.00921. The molecule has 0 aliphatic rings. The second-order valence-corrected chi connectivity index (χ2v) is 12.2. The molecule has 222 valence electrons. The summed E-state index contributed by atoms with van der Waals surface area (Å²) in [5, 5.41) is 0. The second-order valence-electron chi connectivity index (χ2n) is 10.1. The summed E-state index contributed by atoms with van der Waals surface area (Å²) in [6, 6.07) is 14.6. The fourth-order valence-corrected chi connectivity index (χ4v) is 6.48. The maximum atomic E-state index is 13.4. The number of carbonyl (C=O) groups is 1. The molecule has 0 saturated carbocycles. The molecule has 2 heterocycles. The zero-order valence-corrected chi connectivity index (χ0v) is 25.1. The molecule has 0 unspecified atom stereocenters. The molecule has 0 radical (unpaired) electrons. The Hall–Kier alpha value is -3.30. The summed E-state index contributed by atoms with van der Waals surface area (Å²) in [5.41, 5.74) is 3.27. The van der Waals surface area contributed by atoms with Crippen LogP contribution in [0.15, 0.2) is 73.3 Å². The molecular formula is C32H43N3O5S. The first-order valence-corrected chi connectivity index (χ1v) is 16.1. The average molecular weight is 582 g/mol. The first-order valence-electron chi connectivity index (χ1n) is 14.5. The summed E-state index contributed by atoms with van der Waals surface area (Å²) < 4.78 is 39.2. The van der Waals surface area contributed by atoms with Crippen LogP contribution < -0.4 is 4.74 Å². The highest BCUT2D eigenvalue weighted by Crippen LogP contribution is 2.20.